The number of benzene rings is 1. The number of hydrogen-bond donors (Lipinski definition) is 1. The van der Waals surface area contributed by atoms with Crippen LogP contribution in [-0.2, 0) is 6.54 Å². The first-order valence-corrected chi connectivity index (χ1v) is 7.20. The van der Waals surface area contributed by atoms with Crippen LogP contribution in [0.15, 0.2) is 36.7 Å². The number of nitrogens with zero attached hydrogens (tertiary/aromatic N) is 3. The molecule has 0 aliphatic carbocycles. The summed E-state index contributed by atoms with van der Waals surface area (Å²) < 4.78 is 7.55. The average molecular weight is 272 g/mol. The zero-order valence-electron chi connectivity index (χ0n) is 11.5. The fourth-order valence-electron chi connectivity index (χ4n) is 2.62. The summed E-state index contributed by atoms with van der Waals surface area (Å²) in [5, 5.41) is 11.3. The van der Waals surface area contributed by atoms with E-state index in [0.29, 0.717) is 5.92 Å². The second-order valence-electron chi connectivity index (χ2n) is 5.10. The van der Waals surface area contributed by atoms with Gasteiger partial charge in [0.1, 0.15) is 5.75 Å². The number of aryl methyl sites for hydroxylation is 1. The fraction of sp³-hybridized carbons (Fsp3) is 0.467. The first-order valence-electron chi connectivity index (χ1n) is 7.20. The molecule has 0 amide bonds. The van der Waals surface area contributed by atoms with E-state index in [0.717, 1.165) is 44.8 Å². The highest BCUT2D eigenvalue weighted by Gasteiger charge is 2.20. The van der Waals surface area contributed by atoms with Gasteiger partial charge in [0.2, 0.25) is 0 Å². The van der Waals surface area contributed by atoms with E-state index in [4.69, 9.17) is 4.74 Å². The molecule has 1 N–H and O–H groups in total. The van der Waals surface area contributed by atoms with Crippen molar-refractivity contribution >= 4 is 0 Å². The van der Waals surface area contributed by atoms with Crippen LogP contribution in [0.5, 0.6) is 5.75 Å². The third kappa shape index (κ3) is 3.17. The van der Waals surface area contributed by atoms with Gasteiger partial charge in [0, 0.05) is 25.2 Å². The maximum absolute atomic E-state index is 5.68. The molecule has 3 rings (SSSR count). The van der Waals surface area contributed by atoms with Gasteiger partial charge in [-0.3, -0.25) is 4.68 Å². The van der Waals surface area contributed by atoms with Crippen molar-refractivity contribution in [2.75, 3.05) is 19.7 Å². The molecule has 0 saturated carbocycles. The number of fused-ring (bicyclic) bond motifs is 1. The number of nitrogens with one attached hydrogen (secondary N) is 1. The van der Waals surface area contributed by atoms with Gasteiger partial charge in [-0.1, -0.05) is 23.4 Å². The second kappa shape index (κ2) is 6.52. The van der Waals surface area contributed by atoms with E-state index < -0.39 is 0 Å². The molecule has 5 heteroatoms. The predicted molar refractivity (Wildman–Crippen MR) is 76.8 cm³/mol. The Hall–Kier alpha value is -1.88. The number of aromatic nitrogens is 3. The summed E-state index contributed by atoms with van der Waals surface area (Å²) in [6.45, 7) is 3.75. The Morgan fingerprint density at radius 3 is 3.20 bits per heavy atom. The van der Waals surface area contributed by atoms with Crippen molar-refractivity contribution < 1.29 is 4.74 Å². The van der Waals surface area contributed by atoms with Gasteiger partial charge in [-0.25, -0.2) is 0 Å². The van der Waals surface area contributed by atoms with Crippen LogP contribution < -0.4 is 10.1 Å². The quantitative estimate of drug-likeness (QED) is 0.815. The van der Waals surface area contributed by atoms with Crippen LogP contribution in [0.3, 0.4) is 0 Å². The van der Waals surface area contributed by atoms with Crippen molar-refractivity contribution in [1.82, 2.24) is 20.3 Å². The normalized spacial score (nSPS) is 17.5. The summed E-state index contributed by atoms with van der Waals surface area (Å²) in [7, 11) is 0. The van der Waals surface area contributed by atoms with Crippen molar-refractivity contribution in [1.29, 1.82) is 0 Å². The summed E-state index contributed by atoms with van der Waals surface area (Å²) in [5.41, 5.74) is 1.34. The highest BCUT2D eigenvalue weighted by atomic mass is 16.5. The average Bonchev–Trinajstić information content (AvgIpc) is 3.00. The van der Waals surface area contributed by atoms with Crippen molar-refractivity contribution in [3.63, 3.8) is 0 Å². The molecule has 2 aromatic rings. The van der Waals surface area contributed by atoms with E-state index in [2.05, 4.69) is 33.8 Å². The van der Waals surface area contributed by atoms with Crippen LogP contribution in [0.2, 0.25) is 0 Å². The molecule has 1 unspecified atom stereocenters. The molecule has 2 heterocycles. The number of para-hydroxylation sites is 1. The van der Waals surface area contributed by atoms with E-state index in [1.54, 1.807) is 6.20 Å². The van der Waals surface area contributed by atoms with Crippen LogP contribution in [-0.4, -0.2) is 34.7 Å². The number of hydrogen-bond acceptors (Lipinski definition) is 4. The van der Waals surface area contributed by atoms with Gasteiger partial charge >= 0.3 is 0 Å². The van der Waals surface area contributed by atoms with E-state index in [1.165, 1.54) is 5.56 Å². The molecule has 0 spiro atoms. The monoisotopic (exact) mass is 272 g/mol. The highest BCUT2D eigenvalue weighted by molar-refractivity contribution is 5.37. The molecule has 1 atom stereocenters. The highest BCUT2D eigenvalue weighted by Crippen LogP contribution is 2.32. The number of ether oxygens (including phenoxy) is 1. The van der Waals surface area contributed by atoms with Gasteiger partial charge in [-0.2, -0.15) is 0 Å². The molecule has 0 radical (unpaired) electrons. The molecule has 106 valence electrons. The van der Waals surface area contributed by atoms with Crippen molar-refractivity contribution in [3.05, 3.63) is 42.2 Å². The Balaban J connectivity index is 1.43. The molecule has 0 bridgehead atoms. The van der Waals surface area contributed by atoms with Gasteiger partial charge in [-0.05, 0) is 31.0 Å². The maximum atomic E-state index is 5.68. The Labute approximate surface area is 118 Å². The first-order chi connectivity index (χ1) is 9.93. The molecule has 0 saturated heterocycles. The standard InChI is InChI=1S/C15H20N4O/c1-2-5-15-14(4-1)13(6-11-20-15)12-16-7-3-9-19-10-8-17-18-19/h1-2,4-5,8,10,13,16H,3,6-7,9,11-12H2. The molecule has 20 heavy (non-hydrogen) atoms. The zero-order chi connectivity index (χ0) is 13.6. The van der Waals surface area contributed by atoms with Crippen molar-refractivity contribution in [2.45, 2.75) is 25.3 Å². The SMILES string of the molecule is c1ccc2c(c1)OCCC2CNCCCn1ccnn1. The van der Waals surface area contributed by atoms with E-state index in [-0.39, 0.29) is 0 Å². The predicted octanol–water partition coefficient (Wildman–Crippen LogP) is 1.82. The van der Waals surface area contributed by atoms with Crippen LogP contribution in [0.4, 0.5) is 0 Å². The summed E-state index contributed by atoms with van der Waals surface area (Å²) in [4.78, 5) is 0. The largest absolute Gasteiger partial charge is 0.493 e. The third-order valence-corrected chi connectivity index (χ3v) is 3.69. The molecule has 1 aliphatic heterocycles. The molecular formula is C15H20N4O. The molecular weight excluding hydrogens is 252 g/mol. The van der Waals surface area contributed by atoms with E-state index >= 15 is 0 Å². The molecule has 5 nitrogen and oxygen atoms in total. The molecule has 1 aromatic heterocycles. The Kier molecular flexibility index (Phi) is 4.28. The fourth-order valence-corrected chi connectivity index (χ4v) is 2.62. The number of rotatable bonds is 6. The minimum absolute atomic E-state index is 0.561. The van der Waals surface area contributed by atoms with Crippen molar-refractivity contribution in [3.8, 4) is 5.75 Å². The minimum Gasteiger partial charge on any atom is -0.493 e. The molecule has 0 fully saturated rings. The maximum Gasteiger partial charge on any atom is 0.122 e. The Bertz CT molecular complexity index is 526. The van der Waals surface area contributed by atoms with E-state index in [1.807, 2.05) is 16.9 Å². The summed E-state index contributed by atoms with van der Waals surface area (Å²) in [6, 6.07) is 8.36. The van der Waals surface area contributed by atoms with Crippen LogP contribution in [0.1, 0.15) is 24.3 Å². The van der Waals surface area contributed by atoms with Crippen molar-refractivity contribution in [2.24, 2.45) is 0 Å². The third-order valence-electron chi connectivity index (χ3n) is 3.69. The van der Waals surface area contributed by atoms with Gasteiger partial charge in [0.05, 0.1) is 12.8 Å². The van der Waals surface area contributed by atoms with Gasteiger partial charge < -0.3 is 10.1 Å². The lowest BCUT2D eigenvalue weighted by Gasteiger charge is -2.26. The van der Waals surface area contributed by atoms with Gasteiger partial charge in [0.15, 0.2) is 0 Å². The summed E-state index contributed by atoms with van der Waals surface area (Å²) in [6.07, 6.45) is 5.77. The van der Waals surface area contributed by atoms with Crippen LogP contribution in [0.25, 0.3) is 0 Å². The molecule has 1 aliphatic rings. The first kappa shape index (κ1) is 13.1. The lowest BCUT2D eigenvalue weighted by Crippen LogP contribution is -2.27. The van der Waals surface area contributed by atoms with Crippen LogP contribution in [0, 0.1) is 0 Å². The minimum atomic E-state index is 0.561. The van der Waals surface area contributed by atoms with Gasteiger partial charge in [0.25, 0.3) is 0 Å². The topological polar surface area (TPSA) is 52.0 Å². The Morgan fingerprint density at radius 2 is 2.30 bits per heavy atom. The lowest BCUT2D eigenvalue weighted by molar-refractivity contribution is 0.264. The molecule has 1 aromatic carbocycles. The summed E-state index contributed by atoms with van der Waals surface area (Å²) in [5.74, 6) is 1.61. The Morgan fingerprint density at radius 1 is 1.35 bits per heavy atom. The van der Waals surface area contributed by atoms with Crippen LogP contribution >= 0.6 is 0 Å². The smallest absolute Gasteiger partial charge is 0.122 e. The zero-order valence-corrected chi connectivity index (χ0v) is 11.5. The van der Waals surface area contributed by atoms with Gasteiger partial charge in [-0.15, -0.1) is 5.10 Å². The summed E-state index contributed by atoms with van der Waals surface area (Å²) >= 11 is 0. The second-order valence-corrected chi connectivity index (χ2v) is 5.10. The lowest BCUT2D eigenvalue weighted by atomic mass is 9.93. The van der Waals surface area contributed by atoms with E-state index in [9.17, 15) is 0 Å².